The molecule has 0 bridgehead atoms. The van der Waals surface area contributed by atoms with Crippen LogP contribution in [-0.4, -0.2) is 23.4 Å². The summed E-state index contributed by atoms with van der Waals surface area (Å²) < 4.78 is 0.798. The number of hydrogen-bond donors (Lipinski definition) is 2. The smallest absolute Gasteiger partial charge is 0.254 e. The molecule has 1 aliphatic rings. The minimum Gasteiger partial charge on any atom is -0.374 e. The summed E-state index contributed by atoms with van der Waals surface area (Å²) in [7, 11) is 1.80. The van der Waals surface area contributed by atoms with Crippen LogP contribution >= 0.6 is 22.6 Å². The van der Waals surface area contributed by atoms with Gasteiger partial charge in [-0.3, -0.25) is 4.79 Å². The lowest BCUT2D eigenvalue weighted by Gasteiger charge is -2.31. The average molecular weight is 306 g/mol. The quantitative estimate of drug-likeness (QED) is 0.547. The van der Waals surface area contributed by atoms with Crippen molar-refractivity contribution in [2.24, 2.45) is 0 Å². The molecule has 5 heteroatoms. The van der Waals surface area contributed by atoms with Gasteiger partial charge in [-0.1, -0.05) is 0 Å². The monoisotopic (exact) mass is 306 g/mol. The lowest BCUT2D eigenvalue weighted by atomic mass is 10.0. The number of rotatable bonds is 0. The number of aliphatic hydroxyl groups is 1. The summed E-state index contributed by atoms with van der Waals surface area (Å²) in [5.41, 5.74) is 1.58. The molecule has 0 amide bonds. The molecule has 0 saturated heterocycles. The fraction of sp³-hybridized carbons (Fsp3) is 0.444. The molecular weight excluding hydrogens is 295 g/mol. The Balaban J connectivity index is 2.60. The molecule has 0 aromatic carbocycles. The first-order valence-electron chi connectivity index (χ1n) is 4.42. The van der Waals surface area contributed by atoms with E-state index in [0.29, 0.717) is 12.8 Å². The molecule has 1 unspecified atom stereocenters. The van der Waals surface area contributed by atoms with Gasteiger partial charge < -0.3 is 15.0 Å². The molecule has 2 N–H and O–H groups in total. The van der Waals surface area contributed by atoms with Gasteiger partial charge >= 0.3 is 0 Å². The van der Waals surface area contributed by atoms with Gasteiger partial charge in [-0.15, -0.1) is 0 Å². The standard InChI is InChI=1S/C9H11IN2O2/c1-12-6-4-7(10)11-9(14)5(6)2-3-8(12)13/h4,8,13H,2-3H2,1H3,(H,11,14). The summed E-state index contributed by atoms with van der Waals surface area (Å²) in [4.78, 5) is 16.1. The van der Waals surface area contributed by atoms with Crippen LogP contribution in [0.3, 0.4) is 0 Å². The van der Waals surface area contributed by atoms with Crippen molar-refractivity contribution in [1.82, 2.24) is 4.98 Å². The molecule has 76 valence electrons. The molecule has 1 aromatic heterocycles. The number of aromatic nitrogens is 1. The molecule has 2 rings (SSSR count). The predicted molar refractivity (Wildman–Crippen MR) is 62.5 cm³/mol. The topological polar surface area (TPSA) is 56.3 Å². The van der Waals surface area contributed by atoms with Crippen LogP contribution in [0.4, 0.5) is 5.69 Å². The Morgan fingerprint density at radius 2 is 2.43 bits per heavy atom. The number of aliphatic hydroxyl groups excluding tert-OH is 1. The van der Waals surface area contributed by atoms with Crippen LogP contribution in [0, 0.1) is 3.70 Å². The number of nitrogens with one attached hydrogen (secondary N) is 1. The van der Waals surface area contributed by atoms with E-state index < -0.39 is 6.23 Å². The normalized spacial score (nSPS) is 20.8. The van der Waals surface area contributed by atoms with Crippen molar-refractivity contribution >= 4 is 28.3 Å². The van der Waals surface area contributed by atoms with Crippen LogP contribution in [-0.2, 0) is 6.42 Å². The van der Waals surface area contributed by atoms with E-state index in [1.807, 2.05) is 6.07 Å². The highest BCUT2D eigenvalue weighted by Gasteiger charge is 2.23. The Labute approximate surface area is 95.1 Å². The second-order valence-corrected chi connectivity index (χ2v) is 4.60. The second-order valence-electron chi connectivity index (χ2n) is 3.44. The Kier molecular flexibility index (Phi) is 2.52. The lowest BCUT2D eigenvalue weighted by Crippen LogP contribution is -2.38. The SMILES string of the molecule is CN1c2cc(I)[nH]c(=O)c2CCC1O. The predicted octanol–water partition coefficient (Wildman–Crippen LogP) is 0.680. The molecule has 1 atom stereocenters. The molecule has 4 nitrogen and oxygen atoms in total. The van der Waals surface area contributed by atoms with Crippen molar-refractivity contribution in [1.29, 1.82) is 0 Å². The van der Waals surface area contributed by atoms with E-state index >= 15 is 0 Å². The van der Waals surface area contributed by atoms with Crippen molar-refractivity contribution in [3.05, 3.63) is 25.7 Å². The number of halogens is 1. The highest BCUT2D eigenvalue weighted by molar-refractivity contribution is 14.1. The number of hydrogen-bond acceptors (Lipinski definition) is 3. The van der Waals surface area contributed by atoms with Crippen LogP contribution in [0.15, 0.2) is 10.9 Å². The largest absolute Gasteiger partial charge is 0.374 e. The van der Waals surface area contributed by atoms with Gasteiger partial charge in [0.2, 0.25) is 0 Å². The van der Waals surface area contributed by atoms with Gasteiger partial charge in [-0.05, 0) is 41.5 Å². The number of nitrogens with zero attached hydrogens (tertiary/aromatic N) is 1. The summed E-state index contributed by atoms with van der Waals surface area (Å²) in [6, 6.07) is 1.89. The van der Waals surface area contributed by atoms with E-state index in [2.05, 4.69) is 27.6 Å². The molecule has 0 saturated carbocycles. The van der Waals surface area contributed by atoms with E-state index in [-0.39, 0.29) is 5.56 Å². The lowest BCUT2D eigenvalue weighted by molar-refractivity contribution is 0.159. The van der Waals surface area contributed by atoms with Gasteiger partial charge in [0.15, 0.2) is 0 Å². The first-order valence-corrected chi connectivity index (χ1v) is 5.50. The van der Waals surface area contributed by atoms with E-state index in [0.717, 1.165) is 15.0 Å². The highest BCUT2D eigenvalue weighted by Crippen LogP contribution is 2.26. The van der Waals surface area contributed by atoms with Crippen LogP contribution in [0.25, 0.3) is 0 Å². The van der Waals surface area contributed by atoms with Crippen molar-refractivity contribution in [2.75, 3.05) is 11.9 Å². The molecule has 0 spiro atoms. The maximum absolute atomic E-state index is 11.6. The fourth-order valence-corrected chi connectivity index (χ4v) is 2.27. The minimum absolute atomic E-state index is 0.0364. The average Bonchev–Trinajstić information content (AvgIpc) is 2.12. The van der Waals surface area contributed by atoms with Crippen LogP contribution in [0.5, 0.6) is 0 Å². The second kappa shape index (κ2) is 3.54. The zero-order chi connectivity index (χ0) is 10.3. The van der Waals surface area contributed by atoms with Gasteiger partial charge in [0.05, 0.1) is 3.70 Å². The van der Waals surface area contributed by atoms with Gasteiger partial charge in [0.1, 0.15) is 6.23 Å². The Hall–Kier alpha value is -0.560. The molecule has 0 radical (unpaired) electrons. The van der Waals surface area contributed by atoms with Crippen molar-refractivity contribution in [3.63, 3.8) is 0 Å². The van der Waals surface area contributed by atoms with E-state index in [9.17, 15) is 9.90 Å². The van der Waals surface area contributed by atoms with Crippen molar-refractivity contribution in [2.45, 2.75) is 19.1 Å². The van der Waals surface area contributed by atoms with E-state index in [1.54, 1.807) is 11.9 Å². The molecule has 14 heavy (non-hydrogen) atoms. The number of fused-ring (bicyclic) bond motifs is 1. The Morgan fingerprint density at radius 3 is 3.14 bits per heavy atom. The van der Waals surface area contributed by atoms with Crippen molar-refractivity contribution in [3.8, 4) is 0 Å². The number of pyridine rings is 1. The Bertz CT molecular complexity index is 416. The molecule has 0 aliphatic carbocycles. The zero-order valence-electron chi connectivity index (χ0n) is 7.75. The van der Waals surface area contributed by atoms with Gasteiger partial charge in [-0.25, -0.2) is 0 Å². The summed E-state index contributed by atoms with van der Waals surface area (Å²) in [6.07, 6.45) is 0.792. The van der Waals surface area contributed by atoms with Crippen LogP contribution in [0.2, 0.25) is 0 Å². The number of H-pyrrole nitrogens is 1. The maximum Gasteiger partial charge on any atom is 0.254 e. The molecule has 1 aromatic rings. The third-order valence-corrected chi connectivity index (χ3v) is 3.14. The fourth-order valence-electron chi connectivity index (χ4n) is 1.73. The first-order chi connectivity index (χ1) is 6.59. The van der Waals surface area contributed by atoms with E-state index in [4.69, 9.17) is 0 Å². The minimum atomic E-state index is -0.472. The van der Waals surface area contributed by atoms with Crippen LogP contribution in [0.1, 0.15) is 12.0 Å². The van der Waals surface area contributed by atoms with Gasteiger partial charge in [0.25, 0.3) is 5.56 Å². The van der Waals surface area contributed by atoms with Crippen LogP contribution < -0.4 is 10.5 Å². The number of aromatic amines is 1. The maximum atomic E-state index is 11.6. The molecular formula is C9H11IN2O2. The van der Waals surface area contributed by atoms with Crippen molar-refractivity contribution < 1.29 is 5.11 Å². The third-order valence-electron chi connectivity index (χ3n) is 2.56. The van der Waals surface area contributed by atoms with E-state index in [1.165, 1.54) is 0 Å². The number of anilines is 1. The summed E-state index contributed by atoms with van der Waals surface area (Å²) in [5, 5.41) is 9.62. The van der Waals surface area contributed by atoms with Gasteiger partial charge in [0, 0.05) is 18.3 Å². The Morgan fingerprint density at radius 1 is 1.71 bits per heavy atom. The molecule has 0 fully saturated rings. The first kappa shape index (κ1) is 9.97. The summed E-state index contributed by atoms with van der Waals surface area (Å²) in [6.45, 7) is 0. The molecule has 1 aliphatic heterocycles. The zero-order valence-corrected chi connectivity index (χ0v) is 9.91. The van der Waals surface area contributed by atoms with Gasteiger partial charge in [-0.2, -0.15) is 0 Å². The highest BCUT2D eigenvalue weighted by atomic mass is 127. The molecule has 2 heterocycles. The summed E-state index contributed by atoms with van der Waals surface area (Å²) in [5.74, 6) is 0. The third kappa shape index (κ3) is 1.54. The summed E-state index contributed by atoms with van der Waals surface area (Å²) >= 11 is 2.06.